The van der Waals surface area contributed by atoms with Gasteiger partial charge in [0.25, 0.3) is 0 Å². The molecule has 0 saturated carbocycles. The molecule has 1 aliphatic rings. The van der Waals surface area contributed by atoms with E-state index in [0.29, 0.717) is 27.8 Å². The minimum absolute atomic E-state index is 0.0936. The van der Waals surface area contributed by atoms with Gasteiger partial charge in [0.1, 0.15) is 0 Å². The fourth-order valence-electron chi connectivity index (χ4n) is 5.90. The number of hydrogen-bond acceptors (Lipinski definition) is 14. The number of nitrogens with one attached hydrogen (secondary N) is 1. The number of aliphatic hydroxyl groups excluding tert-OH is 5. The molecule has 0 saturated heterocycles. The van der Waals surface area contributed by atoms with Gasteiger partial charge in [-0.3, -0.25) is 0 Å². The quantitative estimate of drug-likeness (QED) is 0.0482. The van der Waals surface area contributed by atoms with Crippen LogP contribution in [0, 0.1) is 0 Å². The minimum atomic E-state index is -5.84. The molecule has 1 atom stereocenters. The van der Waals surface area contributed by atoms with Gasteiger partial charge >= 0.3 is 338 Å². The van der Waals surface area contributed by atoms with Gasteiger partial charge < -0.3 is 0 Å². The van der Waals surface area contributed by atoms with Crippen molar-refractivity contribution in [3.63, 3.8) is 0 Å². The second kappa shape index (κ2) is 18.2. The predicted molar refractivity (Wildman–Crippen MR) is 222 cm³/mol. The summed E-state index contributed by atoms with van der Waals surface area (Å²) in [5, 5.41) is 53.2. The van der Waals surface area contributed by atoms with E-state index in [1.165, 1.54) is 4.60 Å². The maximum absolute atomic E-state index is 10.7. The van der Waals surface area contributed by atoms with Crippen LogP contribution in [0.1, 0.15) is 27.8 Å². The molecule has 0 amide bonds. The summed E-state index contributed by atoms with van der Waals surface area (Å²) in [7, 11) is -10.9. The van der Waals surface area contributed by atoms with Crippen LogP contribution in [0.5, 0.6) is 34.5 Å². The molecule has 0 spiro atoms. The first kappa shape index (κ1) is 41.1. The molecule has 0 fully saturated rings. The first-order valence-electron chi connectivity index (χ1n) is 18.0. The Morgan fingerprint density at radius 2 is 0.793 bits per heavy atom. The van der Waals surface area contributed by atoms with E-state index in [1.807, 2.05) is 0 Å². The number of aliphatic hydroxyl groups is 5. The Balaban J connectivity index is 1.64. The van der Waals surface area contributed by atoms with Crippen molar-refractivity contribution in [2.45, 2.75) is 33.0 Å². The molecule has 302 valence electrons. The van der Waals surface area contributed by atoms with Crippen molar-refractivity contribution in [3.05, 3.63) is 179 Å². The van der Waals surface area contributed by atoms with E-state index in [1.54, 1.807) is 152 Å². The summed E-state index contributed by atoms with van der Waals surface area (Å²) in [6.07, 6.45) is 0. The van der Waals surface area contributed by atoms with Crippen LogP contribution in [0.15, 0.2) is 156 Å². The SMILES string of the molecule is OCc1ccccc1OP1(Oc2ccccc2CO)=NPNP(Oc2ccccc2CO)(Oc2ccccc2CO)(Oc2ccccc2CO)N1Oc1ccccc1. The van der Waals surface area contributed by atoms with E-state index in [9.17, 15) is 25.5 Å². The Morgan fingerprint density at radius 1 is 0.466 bits per heavy atom. The standard InChI is InChI=1S/C41H42N3O11P3/c45-26-31-14-4-9-21-37(31)51-57(52-38-22-10-5-15-32(38)27-46)42-56-43-58(44(57)50-36-19-2-1-3-20-36,53-39-23-11-6-16-33(39)28-47,54-40-24-12-7-17-34(40)29-48)55-41-25-13-8-18-35(41)30-49/h1-25,43,45-49,56H,26-30H2. The molecule has 0 radical (unpaired) electrons. The Kier molecular flexibility index (Phi) is 12.9. The van der Waals surface area contributed by atoms with Crippen LogP contribution in [-0.4, -0.2) is 30.1 Å². The first-order valence-corrected chi connectivity index (χ1v) is 22.4. The second-order valence-corrected chi connectivity index (χ2v) is 19.1. The molecule has 14 nitrogen and oxygen atoms in total. The summed E-state index contributed by atoms with van der Waals surface area (Å²) >= 11 is 0. The zero-order chi connectivity index (χ0) is 40.5. The molecular weight excluding hydrogens is 803 g/mol. The van der Waals surface area contributed by atoms with Crippen LogP contribution in [0.4, 0.5) is 0 Å². The number of rotatable bonds is 17. The Hall–Kier alpha value is -5.07. The van der Waals surface area contributed by atoms with E-state index in [4.69, 9.17) is 32.0 Å². The Labute approximate surface area is 337 Å². The van der Waals surface area contributed by atoms with E-state index >= 15 is 0 Å². The normalized spacial score (nSPS) is 16.5. The van der Waals surface area contributed by atoms with Gasteiger partial charge in [-0.2, -0.15) is 0 Å². The van der Waals surface area contributed by atoms with E-state index < -0.39 is 57.2 Å². The number of hydrogen-bond donors (Lipinski definition) is 6. The van der Waals surface area contributed by atoms with Gasteiger partial charge in [-0.05, 0) is 0 Å². The van der Waals surface area contributed by atoms with Gasteiger partial charge in [-0.1, -0.05) is 0 Å². The van der Waals surface area contributed by atoms with Crippen molar-refractivity contribution in [3.8, 4) is 34.5 Å². The molecular formula is C41H42N3O11P3. The van der Waals surface area contributed by atoms with Crippen molar-refractivity contribution in [2.75, 3.05) is 0 Å². The monoisotopic (exact) mass is 845 g/mol. The van der Waals surface area contributed by atoms with Crippen molar-refractivity contribution < 1.29 is 53.0 Å². The molecule has 1 aliphatic heterocycles. The summed E-state index contributed by atoms with van der Waals surface area (Å²) < 4.78 is 42.0. The van der Waals surface area contributed by atoms with Gasteiger partial charge in [0.15, 0.2) is 0 Å². The van der Waals surface area contributed by atoms with Gasteiger partial charge in [-0.25, -0.2) is 0 Å². The van der Waals surface area contributed by atoms with Crippen LogP contribution in [0.2, 0.25) is 0 Å². The van der Waals surface area contributed by atoms with E-state index in [-0.39, 0.29) is 34.5 Å². The Bertz CT molecular complexity index is 2210. The molecule has 7 rings (SSSR count). The topological polar surface area (TPSA) is 184 Å². The Morgan fingerprint density at radius 3 is 1.17 bits per heavy atom. The molecule has 1 unspecified atom stereocenters. The van der Waals surface area contributed by atoms with Gasteiger partial charge in [0.05, 0.1) is 0 Å². The third-order valence-corrected chi connectivity index (χ3v) is 17.3. The molecule has 6 aromatic carbocycles. The molecule has 0 bridgehead atoms. The molecule has 6 N–H and O–H groups in total. The summed E-state index contributed by atoms with van der Waals surface area (Å²) in [4.78, 5) is 10.3. The predicted octanol–water partition coefficient (Wildman–Crippen LogP) is 8.33. The van der Waals surface area contributed by atoms with Gasteiger partial charge in [-0.15, -0.1) is 0 Å². The third-order valence-electron chi connectivity index (χ3n) is 8.78. The summed E-state index contributed by atoms with van der Waals surface area (Å²) in [6.45, 7) is -2.23. The average Bonchev–Trinajstić information content (AvgIpc) is 3.26. The summed E-state index contributed by atoms with van der Waals surface area (Å²) in [6, 6.07) is 42.3. The second-order valence-electron chi connectivity index (χ2n) is 12.6. The van der Waals surface area contributed by atoms with Gasteiger partial charge in [0.2, 0.25) is 0 Å². The van der Waals surface area contributed by atoms with E-state index in [0.717, 1.165) is 0 Å². The van der Waals surface area contributed by atoms with Crippen LogP contribution in [-0.2, 0) is 33.0 Å². The van der Waals surface area contributed by atoms with E-state index in [2.05, 4.69) is 4.86 Å². The van der Waals surface area contributed by atoms with Crippen LogP contribution >= 0.6 is 24.1 Å². The maximum atomic E-state index is 10.7. The summed E-state index contributed by atoms with van der Waals surface area (Å²) in [5.74, 6) is 0.827. The molecule has 0 aliphatic carbocycles. The fraction of sp³-hybridized carbons (Fsp3) is 0.122. The molecule has 0 aromatic heterocycles. The molecule has 1 heterocycles. The summed E-state index contributed by atoms with van der Waals surface area (Å²) in [5.41, 5.74) is 1.75. The number of benzene rings is 6. The molecule has 58 heavy (non-hydrogen) atoms. The van der Waals surface area contributed by atoms with Gasteiger partial charge in [0, 0.05) is 0 Å². The van der Waals surface area contributed by atoms with Crippen molar-refractivity contribution >= 4 is 24.1 Å². The zero-order valence-corrected chi connectivity index (χ0v) is 33.7. The fourth-order valence-corrected chi connectivity index (χ4v) is 15.4. The average molecular weight is 846 g/mol. The number of nitrogens with zero attached hydrogens (tertiary/aromatic N) is 2. The first-order chi connectivity index (χ1) is 28.4. The van der Waals surface area contributed by atoms with Crippen molar-refractivity contribution in [2.24, 2.45) is 4.52 Å². The number of para-hydroxylation sites is 6. The van der Waals surface area contributed by atoms with Crippen LogP contribution in [0.3, 0.4) is 0 Å². The zero-order valence-electron chi connectivity index (χ0n) is 30.9. The van der Waals surface area contributed by atoms with Crippen LogP contribution in [0.25, 0.3) is 0 Å². The van der Waals surface area contributed by atoms with Crippen molar-refractivity contribution in [1.82, 2.24) is 9.46 Å². The van der Waals surface area contributed by atoms with Crippen molar-refractivity contribution in [1.29, 1.82) is 0 Å². The van der Waals surface area contributed by atoms with Crippen LogP contribution < -0.4 is 32.3 Å². The third kappa shape index (κ3) is 8.40. The molecule has 6 aromatic rings. The molecule has 17 heteroatoms.